The Kier molecular flexibility index (Phi) is 2.33. The van der Waals surface area contributed by atoms with Crippen LogP contribution in [0.5, 0.6) is 0 Å². The Hall–Kier alpha value is -1.48. The van der Waals surface area contributed by atoms with Crippen LogP contribution in [0.3, 0.4) is 0 Å². The quantitative estimate of drug-likeness (QED) is 0.795. The van der Waals surface area contributed by atoms with E-state index in [-0.39, 0.29) is 0 Å². The van der Waals surface area contributed by atoms with E-state index in [0.717, 1.165) is 24.7 Å². The van der Waals surface area contributed by atoms with Crippen LogP contribution in [0, 0.1) is 0 Å². The fourth-order valence-electron chi connectivity index (χ4n) is 2.15. The van der Waals surface area contributed by atoms with E-state index in [9.17, 15) is 0 Å². The molecule has 0 unspecified atom stereocenters. The molecular weight excluding hydrogens is 222 g/mol. The summed E-state index contributed by atoms with van der Waals surface area (Å²) in [7, 11) is 0. The summed E-state index contributed by atoms with van der Waals surface area (Å²) < 4.78 is 2.07. The second kappa shape index (κ2) is 3.83. The SMILES string of the molecule is Clc1ccc2c(c1)CCN2Cn1ccnc1. The van der Waals surface area contributed by atoms with Crippen LogP contribution >= 0.6 is 11.6 Å². The minimum Gasteiger partial charge on any atom is -0.353 e. The van der Waals surface area contributed by atoms with Gasteiger partial charge in [0.2, 0.25) is 0 Å². The molecule has 1 aliphatic heterocycles. The highest BCUT2D eigenvalue weighted by Gasteiger charge is 2.18. The van der Waals surface area contributed by atoms with E-state index in [1.165, 1.54) is 11.3 Å². The van der Waals surface area contributed by atoms with Crippen LogP contribution in [0.2, 0.25) is 5.02 Å². The zero-order valence-electron chi connectivity index (χ0n) is 8.81. The molecule has 0 spiro atoms. The Bertz CT molecular complexity index is 493. The molecule has 0 atom stereocenters. The fraction of sp³-hybridized carbons (Fsp3) is 0.250. The van der Waals surface area contributed by atoms with Gasteiger partial charge >= 0.3 is 0 Å². The number of halogens is 1. The van der Waals surface area contributed by atoms with Crippen molar-refractivity contribution in [1.29, 1.82) is 0 Å². The van der Waals surface area contributed by atoms with Crippen LogP contribution in [0.15, 0.2) is 36.9 Å². The van der Waals surface area contributed by atoms with Gasteiger partial charge in [0, 0.05) is 29.6 Å². The van der Waals surface area contributed by atoms with Crippen LogP contribution in [-0.4, -0.2) is 16.1 Å². The number of benzene rings is 1. The summed E-state index contributed by atoms with van der Waals surface area (Å²) in [4.78, 5) is 6.39. The topological polar surface area (TPSA) is 21.1 Å². The van der Waals surface area contributed by atoms with Gasteiger partial charge in [-0.25, -0.2) is 4.98 Å². The minimum absolute atomic E-state index is 0.822. The summed E-state index contributed by atoms with van der Waals surface area (Å²) >= 11 is 5.98. The molecule has 0 N–H and O–H groups in total. The van der Waals surface area contributed by atoms with Crippen molar-refractivity contribution in [2.24, 2.45) is 0 Å². The number of anilines is 1. The average Bonchev–Trinajstić information content (AvgIpc) is 2.89. The van der Waals surface area contributed by atoms with Crippen molar-refractivity contribution in [3.63, 3.8) is 0 Å². The molecule has 1 aromatic carbocycles. The second-order valence-electron chi connectivity index (χ2n) is 4.00. The number of rotatable bonds is 2. The standard InChI is InChI=1S/C12H12ClN3/c13-11-1-2-12-10(7-11)3-5-16(12)9-15-6-4-14-8-15/h1-2,4,6-8H,3,5,9H2. The van der Waals surface area contributed by atoms with E-state index in [0.29, 0.717) is 0 Å². The number of nitrogens with zero attached hydrogens (tertiary/aromatic N) is 3. The van der Waals surface area contributed by atoms with Gasteiger partial charge in [0.15, 0.2) is 0 Å². The monoisotopic (exact) mass is 233 g/mol. The average molecular weight is 234 g/mol. The number of fused-ring (bicyclic) bond motifs is 1. The smallest absolute Gasteiger partial charge is 0.0960 e. The predicted octanol–water partition coefficient (Wildman–Crippen LogP) is 2.56. The lowest BCUT2D eigenvalue weighted by Gasteiger charge is -2.19. The van der Waals surface area contributed by atoms with Crippen LogP contribution < -0.4 is 4.90 Å². The minimum atomic E-state index is 0.822. The lowest BCUT2D eigenvalue weighted by atomic mass is 10.2. The third-order valence-corrected chi connectivity index (χ3v) is 3.16. The van der Waals surface area contributed by atoms with E-state index in [2.05, 4.69) is 26.6 Å². The van der Waals surface area contributed by atoms with Crippen molar-refractivity contribution in [3.05, 3.63) is 47.5 Å². The Labute approximate surface area is 99.3 Å². The zero-order chi connectivity index (χ0) is 11.0. The molecule has 4 heteroatoms. The molecule has 0 amide bonds. The van der Waals surface area contributed by atoms with E-state index < -0.39 is 0 Å². The van der Waals surface area contributed by atoms with Gasteiger partial charge in [-0.1, -0.05) is 11.6 Å². The van der Waals surface area contributed by atoms with E-state index >= 15 is 0 Å². The Morgan fingerprint density at radius 3 is 3.12 bits per heavy atom. The Morgan fingerprint density at radius 2 is 2.31 bits per heavy atom. The molecule has 0 saturated carbocycles. The highest BCUT2D eigenvalue weighted by molar-refractivity contribution is 6.30. The third-order valence-electron chi connectivity index (χ3n) is 2.93. The highest BCUT2D eigenvalue weighted by atomic mass is 35.5. The fourth-order valence-corrected chi connectivity index (χ4v) is 2.35. The van der Waals surface area contributed by atoms with Gasteiger partial charge in [-0.05, 0) is 30.2 Å². The second-order valence-corrected chi connectivity index (χ2v) is 4.44. The molecule has 0 saturated heterocycles. The van der Waals surface area contributed by atoms with Crippen molar-refractivity contribution >= 4 is 17.3 Å². The molecule has 3 rings (SSSR count). The first-order valence-corrected chi connectivity index (χ1v) is 5.70. The van der Waals surface area contributed by atoms with Gasteiger partial charge in [0.1, 0.15) is 0 Å². The summed E-state index contributed by atoms with van der Waals surface area (Å²) in [5.41, 5.74) is 2.63. The highest BCUT2D eigenvalue weighted by Crippen LogP contribution is 2.30. The van der Waals surface area contributed by atoms with Crippen molar-refractivity contribution in [3.8, 4) is 0 Å². The molecule has 2 aromatic rings. The van der Waals surface area contributed by atoms with Crippen LogP contribution in [-0.2, 0) is 13.1 Å². The first-order valence-electron chi connectivity index (χ1n) is 5.32. The normalized spacial score (nSPS) is 14.2. The van der Waals surface area contributed by atoms with Crippen molar-refractivity contribution in [1.82, 2.24) is 9.55 Å². The zero-order valence-corrected chi connectivity index (χ0v) is 9.56. The summed E-state index contributed by atoms with van der Waals surface area (Å²) in [5.74, 6) is 0. The number of imidazole rings is 1. The lowest BCUT2D eigenvalue weighted by Crippen LogP contribution is -2.23. The predicted molar refractivity (Wildman–Crippen MR) is 64.7 cm³/mol. The third kappa shape index (κ3) is 1.67. The number of hydrogen-bond acceptors (Lipinski definition) is 2. The molecule has 0 fully saturated rings. The molecule has 0 aliphatic carbocycles. The van der Waals surface area contributed by atoms with Crippen molar-refractivity contribution < 1.29 is 0 Å². The maximum Gasteiger partial charge on any atom is 0.0960 e. The summed E-state index contributed by atoms with van der Waals surface area (Å²) in [6.45, 7) is 1.91. The molecule has 2 heterocycles. The molecule has 82 valence electrons. The van der Waals surface area contributed by atoms with E-state index in [1.54, 1.807) is 6.20 Å². The maximum absolute atomic E-state index is 5.98. The summed E-state index contributed by atoms with van der Waals surface area (Å²) in [5, 5.41) is 0.822. The van der Waals surface area contributed by atoms with Crippen LogP contribution in [0.4, 0.5) is 5.69 Å². The van der Waals surface area contributed by atoms with Gasteiger partial charge in [-0.2, -0.15) is 0 Å². The molecule has 16 heavy (non-hydrogen) atoms. The molecule has 3 nitrogen and oxygen atoms in total. The first kappa shape index (κ1) is 9.73. The molecule has 1 aromatic heterocycles. The molecule has 0 bridgehead atoms. The number of hydrogen-bond donors (Lipinski definition) is 0. The molecular formula is C12H12ClN3. The van der Waals surface area contributed by atoms with E-state index in [4.69, 9.17) is 11.6 Å². The maximum atomic E-state index is 5.98. The van der Waals surface area contributed by atoms with Gasteiger partial charge in [0.25, 0.3) is 0 Å². The van der Waals surface area contributed by atoms with Gasteiger partial charge in [-0.15, -0.1) is 0 Å². The van der Waals surface area contributed by atoms with Crippen molar-refractivity contribution in [2.75, 3.05) is 11.4 Å². The van der Waals surface area contributed by atoms with Gasteiger partial charge in [-0.3, -0.25) is 0 Å². The van der Waals surface area contributed by atoms with E-state index in [1.807, 2.05) is 18.6 Å². The number of aromatic nitrogens is 2. The summed E-state index contributed by atoms with van der Waals surface area (Å²) in [6, 6.07) is 6.11. The molecule has 0 radical (unpaired) electrons. The first-order chi connectivity index (χ1) is 7.83. The lowest BCUT2D eigenvalue weighted by molar-refractivity contribution is 0.655. The van der Waals surface area contributed by atoms with Crippen molar-refractivity contribution in [2.45, 2.75) is 13.1 Å². The largest absolute Gasteiger partial charge is 0.353 e. The molecule has 1 aliphatic rings. The van der Waals surface area contributed by atoms with Crippen LogP contribution in [0.1, 0.15) is 5.56 Å². The Morgan fingerprint density at radius 1 is 1.38 bits per heavy atom. The van der Waals surface area contributed by atoms with Gasteiger partial charge < -0.3 is 9.47 Å². The van der Waals surface area contributed by atoms with Crippen LogP contribution in [0.25, 0.3) is 0 Å². The van der Waals surface area contributed by atoms with Gasteiger partial charge in [0.05, 0.1) is 13.0 Å². The summed E-state index contributed by atoms with van der Waals surface area (Å²) in [6.07, 6.45) is 6.70. The Balaban J connectivity index is 1.86.